The average molecular weight is 205 g/mol. The van der Waals surface area contributed by atoms with Gasteiger partial charge in [0, 0.05) is 17.2 Å². The summed E-state index contributed by atoms with van der Waals surface area (Å²) in [7, 11) is 0. The zero-order valence-corrected chi connectivity index (χ0v) is 7.04. The molecule has 2 aliphatic carbocycles. The summed E-state index contributed by atoms with van der Waals surface area (Å²) in [6.07, 6.45) is 1.07. The van der Waals surface area contributed by atoms with Crippen molar-refractivity contribution in [3.8, 4) is 0 Å². The summed E-state index contributed by atoms with van der Waals surface area (Å²) in [5, 5.41) is 9.30. The molecule has 0 bridgehead atoms. The molecule has 0 amide bonds. The highest BCUT2D eigenvalue weighted by molar-refractivity contribution is 9.09. The summed E-state index contributed by atoms with van der Waals surface area (Å²) in [6.45, 7) is 0. The molecule has 10 heavy (non-hydrogen) atoms. The summed E-state index contributed by atoms with van der Waals surface area (Å²) in [6, 6.07) is 0. The largest absolute Gasteiger partial charge is 0.392 e. The van der Waals surface area contributed by atoms with Gasteiger partial charge in [-0.25, -0.2) is 0 Å². The molecule has 1 N–H and O–H groups in total. The van der Waals surface area contributed by atoms with Crippen molar-refractivity contribution in [1.29, 1.82) is 0 Å². The number of ketones is 1. The summed E-state index contributed by atoms with van der Waals surface area (Å²) < 4.78 is 0. The summed E-state index contributed by atoms with van der Waals surface area (Å²) in [4.78, 5) is 11.0. The van der Waals surface area contributed by atoms with Gasteiger partial charge in [0.1, 0.15) is 5.78 Å². The first kappa shape index (κ1) is 6.80. The van der Waals surface area contributed by atoms with Crippen LogP contribution in [0.15, 0.2) is 0 Å². The van der Waals surface area contributed by atoms with Crippen molar-refractivity contribution in [3.63, 3.8) is 0 Å². The Morgan fingerprint density at radius 3 is 2.70 bits per heavy atom. The number of carbonyl (C=O) groups is 1. The van der Waals surface area contributed by atoms with Crippen molar-refractivity contribution < 1.29 is 9.90 Å². The number of fused-ring (bicyclic) bond motifs is 1. The van der Waals surface area contributed by atoms with E-state index in [4.69, 9.17) is 0 Å². The predicted molar refractivity (Wildman–Crippen MR) is 39.9 cm³/mol. The Morgan fingerprint density at radius 1 is 1.60 bits per heavy atom. The second-order valence-corrected chi connectivity index (χ2v) is 4.25. The molecule has 3 heteroatoms. The van der Waals surface area contributed by atoms with Crippen LogP contribution in [0.1, 0.15) is 12.8 Å². The van der Waals surface area contributed by atoms with Crippen LogP contribution in [0.25, 0.3) is 0 Å². The fourth-order valence-electron chi connectivity index (χ4n) is 1.92. The van der Waals surface area contributed by atoms with Crippen molar-refractivity contribution in [2.45, 2.75) is 23.8 Å². The molecule has 0 spiro atoms. The standard InChI is InChI=1S/C7H9BrO2/c8-7-4-2-5(9)3(4)1-6(7)10/h3-4,6-7,10H,1-2H2/t3?,4-,6?,7?/m1/s1. The number of hydrogen-bond donors (Lipinski definition) is 1. The maximum Gasteiger partial charge on any atom is 0.136 e. The van der Waals surface area contributed by atoms with Crippen molar-refractivity contribution in [3.05, 3.63) is 0 Å². The third-order valence-corrected chi connectivity index (χ3v) is 3.93. The van der Waals surface area contributed by atoms with E-state index in [-0.39, 0.29) is 16.8 Å². The van der Waals surface area contributed by atoms with Crippen LogP contribution in [-0.2, 0) is 4.79 Å². The van der Waals surface area contributed by atoms with Gasteiger partial charge in [0.2, 0.25) is 0 Å². The highest BCUT2D eigenvalue weighted by Crippen LogP contribution is 2.47. The number of carbonyl (C=O) groups excluding carboxylic acids is 1. The lowest BCUT2D eigenvalue weighted by Gasteiger charge is -2.29. The molecular formula is C7H9BrO2. The third kappa shape index (κ3) is 0.705. The molecule has 0 aliphatic heterocycles. The zero-order valence-electron chi connectivity index (χ0n) is 5.46. The molecule has 0 aromatic rings. The van der Waals surface area contributed by atoms with Crippen molar-refractivity contribution in [2.75, 3.05) is 0 Å². The molecule has 0 aromatic heterocycles. The van der Waals surface area contributed by atoms with Gasteiger partial charge in [0.05, 0.1) is 6.10 Å². The lowest BCUT2D eigenvalue weighted by molar-refractivity contribution is -0.132. The normalized spacial score (nSPS) is 52.4. The van der Waals surface area contributed by atoms with Crippen LogP contribution in [0, 0.1) is 11.8 Å². The third-order valence-electron chi connectivity index (χ3n) is 2.64. The van der Waals surface area contributed by atoms with Crippen molar-refractivity contribution in [1.82, 2.24) is 0 Å². The molecule has 2 rings (SSSR count). The highest BCUT2D eigenvalue weighted by atomic mass is 79.9. The number of alkyl halides is 1. The van der Waals surface area contributed by atoms with Gasteiger partial charge < -0.3 is 5.11 Å². The second-order valence-electron chi connectivity index (χ2n) is 3.19. The van der Waals surface area contributed by atoms with Gasteiger partial charge >= 0.3 is 0 Å². The summed E-state index contributed by atoms with van der Waals surface area (Å²) in [5.74, 6) is 0.952. The van der Waals surface area contributed by atoms with E-state index >= 15 is 0 Å². The Balaban J connectivity index is 2.13. The van der Waals surface area contributed by atoms with Crippen LogP contribution in [0.4, 0.5) is 0 Å². The summed E-state index contributed by atoms with van der Waals surface area (Å²) >= 11 is 3.39. The van der Waals surface area contributed by atoms with Gasteiger partial charge in [0.15, 0.2) is 0 Å². The second kappa shape index (κ2) is 2.05. The van der Waals surface area contributed by atoms with E-state index in [2.05, 4.69) is 15.9 Å². The molecule has 2 nitrogen and oxygen atoms in total. The predicted octanol–water partition coefficient (Wildman–Crippen LogP) is 0.720. The Hall–Kier alpha value is 0.110. The lowest BCUT2D eigenvalue weighted by atomic mass is 9.75. The van der Waals surface area contributed by atoms with Crippen LogP contribution in [-0.4, -0.2) is 21.8 Å². The molecule has 2 aliphatic rings. The van der Waals surface area contributed by atoms with E-state index in [0.717, 1.165) is 0 Å². The molecule has 3 unspecified atom stereocenters. The smallest absolute Gasteiger partial charge is 0.136 e. The van der Waals surface area contributed by atoms with Gasteiger partial charge in [-0.3, -0.25) is 4.79 Å². The Bertz CT molecular complexity index is 180. The lowest BCUT2D eigenvalue weighted by Crippen LogP contribution is -2.36. The quantitative estimate of drug-likeness (QED) is 0.591. The van der Waals surface area contributed by atoms with Gasteiger partial charge in [0.25, 0.3) is 0 Å². The Kier molecular flexibility index (Phi) is 1.39. The first-order valence-electron chi connectivity index (χ1n) is 3.55. The number of hydrogen-bond acceptors (Lipinski definition) is 2. The number of aliphatic hydroxyl groups excluding tert-OH is 1. The zero-order chi connectivity index (χ0) is 7.30. The average Bonchev–Trinajstić information content (AvgIpc) is 2.12. The van der Waals surface area contributed by atoms with E-state index in [1.54, 1.807) is 0 Å². The number of Topliss-reactive ketones (excluding diaryl/α,β-unsaturated/α-hetero) is 1. The van der Waals surface area contributed by atoms with Crippen molar-refractivity contribution >= 4 is 21.7 Å². The van der Waals surface area contributed by atoms with Crippen LogP contribution >= 0.6 is 15.9 Å². The molecule has 0 heterocycles. The molecular weight excluding hydrogens is 196 g/mol. The van der Waals surface area contributed by atoms with E-state index in [9.17, 15) is 9.90 Å². The fraction of sp³-hybridized carbons (Fsp3) is 0.857. The van der Waals surface area contributed by atoms with Crippen LogP contribution in [0.2, 0.25) is 0 Å². The molecule has 2 fully saturated rings. The monoisotopic (exact) mass is 204 g/mol. The number of halogens is 1. The van der Waals surface area contributed by atoms with E-state index in [1.165, 1.54) is 0 Å². The molecule has 4 atom stereocenters. The first-order chi connectivity index (χ1) is 4.70. The first-order valence-corrected chi connectivity index (χ1v) is 4.46. The van der Waals surface area contributed by atoms with E-state index in [0.29, 0.717) is 24.5 Å². The van der Waals surface area contributed by atoms with Crippen molar-refractivity contribution in [2.24, 2.45) is 11.8 Å². The maximum atomic E-state index is 10.9. The molecule has 56 valence electrons. The summed E-state index contributed by atoms with van der Waals surface area (Å²) in [5.41, 5.74) is 0. The van der Waals surface area contributed by atoms with Gasteiger partial charge in [-0.15, -0.1) is 0 Å². The van der Waals surface area contributed by atoms with Gasteiger partial charge in [-0.05, 0) is 12.3 Å². The van der Waals surface area contributed by atoms with E-state index < -0.39 is 0 Å². The van der Waals surface area contributed by atoms with Crippen LogP contribution in [0.5, 0.6) is 0 Å². The number of aliphatic hydroxyl groups is 1. The minimum atomic E-state index is -0.290. The molecule has 0 radical (unpaired) electrons. The highest BCUT2D eigenvalue weighted by Gasteiger charge is 2.51. The maximum absolute atomic E-state index is 10.9. The van der Waals surface area contributed by atoms with Crippen LogP contribution < -0.4 is 0 Å². The number of rotatable bonds is 0. The molecule has 0 saturated heterocycles. The fourth-order valence-corrected chi connectivity index (χ4v) is 2.69. The topological polar surface area (TPSA) is 37.3 Å². The van der Waals surface area contributed by atoms with E-state index in [1.807, 2.05) is 0 Å². The Morgan fingerprint density at radius 2 is 2.30 bits per heavy atom. The SMILES string of the molecule is O=C1C[C@@H]2C1CC(O)C2Br. The van der Waals surface area contributed by atoms with Gasteiger partial charge in [-0.2, -0.15) is 0 Å². The Labute approximate surface area is 67.7 Å². The minimum Gasteiger partial charge on any atom is -0.392 e. The van der Waals surface area contributed by atoms with Crippen LogP contribution in [0.3, 0.4) is 0 Å². The minimum absolute atomic E-state index is 0.176. The molecule has 0 aromatic carbocycles. The van der Waals surface area contributed by atoms with Gasteiger partial charge in [-0.1, -0.05) is 15.9 Å². The molecule has 2 saturated carbocycles.